The number of fused-ring (bicyclic) bond motifs is 1. The lowest BCUT2D eigenvalue weighted by Gasteiger charge is -2.01. The van der Waals surface area contributed by atoms with Crippen molar-refractivity contribution in [2.75, 3.05) is 0 Å². The number of imidazole rings is 1. The van der Waals surface area contributed by atoms with Gasteiger partial charge in [0.2, 0.25) is 0 Å². The summed E-state index contributed by atoms with van der Waals surface area (Å²) in [6, 6.07) is 2.32. The highest BCUT2D eigenvalue weighted by Crippen LogP contribution is 2.19. The predicted molar refractivity (Wildman–Crippen MR) is 72.8 cm³/mol. The van der Waals surface area contributed by atoms with Crippen molar-refractivity contribution in [1.29, 1.82) is 0 Å². The van der Waals surface area contributed by atoms with E-state index < -0.39 is 11.6 Å². The molecule has 18 heavy (non-hydrogen) atoms. The topological polar surface area (TPSA) is 17.8 Å². The molecule has 4 heteroatoms. The molecule has 0 unspecified atom stereocenters. The predicted octanol–water partition coefficient (Wildman–Crippen LogP) is 4.70. The standard InChI is InChI=1S/C10H10F2N2.2C2H6/c1-3-14-6(2)13-9-4-7(11)8(12)5-10(9)14;2*1-2/h4-5H,3H2,1-2H3;2*1-2H3. The lowest BCUT2D eigenvalue weighted by Crippen LogP contribution is -1.96. The second-order valence-corrected chi connectivity index (χ2v) is 3.16. The maximum absolute atomic E-state index is 13.0. The van der Waals surface area contributed by atoms with Crippen LogP contribution in [0, 0.1) is 18.6 Å². The second kappa shape index (κ2) is 7.80. The Kier molecular flexibility index (Phi) is 7.17. The Morgan fingerprint density at radius 3 is 2.06 bits per heavy atom. The zero-order valence-corrected chi connectivity index (χ0v) is 12.0. The van der Waals surface area contributed by atoms with Gasteiger partial charge in [-0.25, -0.2) is 13.8 Å². The van der Waals surface area contributed by atoms with Crippen LogP contribution in [-0.2, 0) is 6.54 Å². The maximum atomic E-state index is 13.0. The van der Waals surface area contributed by atoms with E-state index in [2.05, 4.69) is 4.98 Å². The lowest BCUT2D eigenvalue weighted by molar-refractivity contribution is 0.510. The molecule has 0 N–H and O–H groups in total. The fraction of sp³-hybridized carbons (Fsp3) is 0.500. The number of halogens is 2. The van der Waals surface area contributed by atoms with E-state index in [1.807, 2.05) is 46.1 Å². The van der Waals surface area contributed by atoms with Crippen LogP contribution in [0.2, 0.25) is 0 Å². The minimum Gasteiger partial charge on any atom is -0.328 e. The van der Waals surface area contributed by atoms with Crippen molar-refractivity contribution in [3.8, 4) is 0 Å². The first-order valence-electron chi connectivity index (χ1n) is 6.45. The van der Waals surface area contributed by atoms with E-state index in [-0.39, 0.29) is 0 Å². The third kappa shape index (κ3) is 3.28. The molecule has 102 valence electrons. The van der Waals surface area contributed by atoms with Crippen LogP contribution in [0.25, 0.3) is 11.0 Å². The van der Waals surface area contributed by atoms with Crippen LogP contribution in [0.1, 0.15) is 40.4 Å². The second-order valence-electron chi connectivity index (χ2n) is 3.16. The summed E-state index contributed by atoms with van der Waals surface area (Å²) in [7, 11) is 0. The third-order valence-electron chi connectivity index (χ3n) is 2.30. The van der Waals surface area contributed by atoms with Gasteiger partial charge in [0.25, 0.3) is 0 Å². The minimum atomic E-state index is -0.849. The highest BCUT2D eigenvalue weighted by atomic mass is 19.2. The van der Waals surface area contributed by atoms with Gasteiger partial charge < -0.3 is 4.57 Å². The SMILES string of the molecule is CC.CC.CCn1c(C)nc2cc(F)c(F)cc21. The van der Waals surface area contributed by atoms with Crippen LogP contribution >= 0.6 is 0 Å². The summed E-state index contributed by atoms with van der Waals surface area (Å²) in [5, 5.41) is 0. The van der Waals surface area contributed by atoms with Crippen molar-refractivity contribution < 1.29 is 8.78 Å². The van der Waals surface area contributed by atoms with Crippen LogP contribution in [0.4, 0.5) is 8.78 Å². The molecule has 0 aliphatic carbocycles. The van der Waals surface area contributed by atoms with Gasteiger partial charge in [-0.2, -0.15) is 0 Å². The average Bonchev–Trinajstić information content (AvgIpc) is 2.70. The summed E-state index contributed by atoms with van der Waals surface area (Å²) in [5.41, 5.74) is 1.15. The highest BCUT2D eigenvalue weighted by Gasteiger charge is 2.10. The quantitative estimate of drug-likeness (QED) is 0.723. The normalized spacial score (nSPS) is 9.33. The molecule has 0 aliphatic rings. The molecule has 0 spiro atoms. The summed E-state index contributed by atoms with van der Waals surface area (Å²) in [4.78, 5) is 4.14. The molecule has 2 aromatic rings. The Hall–Kier alpha value is -1.45. The highest BCUT2D eigenvalue weighted by molar-refractivity contribution is 5.76. The molecule has 0 bridgehead atoms. The molecule has 1 aromatic carbocycles. The van der Waals surface area contributed by atoms with E-state index in [1.165, 1.54) is 6.07 Å². The van der Waals surface area contributed by atoms with E-state index in [1.54, 1.807) is 0 Å². The third-order valence-corrected chi connectivity index (χ3v) is 2.30. The van der Waals surface area contributed by atoms with Crippen LogP contribution < -0.4 is 0 Å². The fourth-order valence-electron chi connectivity index (χ4n) is 1.64. The van der Waals surface area contributed by atoms with Crippen molar-refractivity contribution in [3.63, 3.8) is 0 Å². The number of aromatic nitrogens is 2. The first kappa shape index (κ1) is 16.6. The van der Waals surface area contributed by atoms with E-state index in [0.717, 1.165) is 11.9 Å². The Morgan fingerprint density at radius 1 is 1.06 bits per heavy atom. The van der Waals surface area contributed by atoms with Gasteiger partial charge in [0.05, 0.1) is 11.0 Å². The summed E-state index contributed by atoms with van der Waals surface area (Å²) in [5.74, 6) is -0.905. The molecule has 2 rings (SSSR count). The first-order valence-corrected chi connectivity index (χ1v) is 6.45. The molecule has 0 saturated carbocycles. The molecular formula is C14H22F2N2. The van der Waals surface area contributed by atoms with Gasteiger partial charge in [0.15, 0.2) is 11.6 Å². The Labute approximate surface area is 108 Å². The summed E-state index contributed by atoms with van der Waals surface area (Å²) in [6.07, 6.45) is 0. The molecule has 0 fully saturated rings. The monoisotopic (exact) mass is 256 g/mol. The summed E-state index contributed by atoms with van der Waals surface area (Å²) in [6.45, 7) is 12.5. The lowest BCUT2D eigenvalue weighted by atomic mass is 10.3. The van der Waals surface area contributed by atoms with Crippen molar-refractivity contribution in [3.05, 3.63) is 29.6 Å². The van der Waals surface area contributed by atoms with Gasteiger partial charge in [-0.3, -0.25) is 0 Å². The molecule has 0 amide bonds. The van der Waals surface area contributed by atoms with Crippen LogP contribution in [0.3, 0.4) is 0 Å². The molecule has 0 aliphatic heterocycles. The molecule has 1 aromatic heterocycles. The van der Waals surface area contributed by atoms with Crippen molar-refractivity contribution in [1.82, 2.24) is 9.55 Å². The largest absolute Gasteiger partial charge is 0.328 e. The molecule has 0 radical (unpaired) electrons. The smallest absolute Gasteiger partial charge is 0.161 e. The van der Waals surface area contributed by atoms with Gasteiger partial charge in [-0.05, 0) is 13.8 Å². The van der Waals surface area contributed by atoms with E-state index in [0.29, 0.717) is 17.6 Å². The van der Waals surface area contributed by atoms with Gasteiger partial charge in [-0.1, -0.05) is 27.7 Å². The van der Waals surface area contributed by atoms with E-state index in [9.17, 15) is 8.78 Å². The number of rotatable bonds is 1. The zero-order valence-electron chi connectivity index (χ0n) is 12.0. The molecule has 0 saturated heterocycles. The molecule has 2 nitrogen and oxygen atoms in total. The summed E-state index contributed by atoms with van der Waals surface area (Å²) >= 11 is 0. The Bertz CT molecular complexity index is 490. The zero-order chi connectivity index (χ0) is 14.3. The van der Waals surface area contributed by atoms with Crippen LogP contribution in [0.5, 0.6) is 0 Å². The van der Waals surface area contributed by atoms with Gasteiger partial charge in [-0.15, -0.1) is 0 Å². The maximum Gasteiger partial charge on any atom is 0.161 e. The number of hydrogen-bond donors (Lipinski definition) is 0. The Balaban J connectivity index is 0.000000659. The van der Waals surface area contributed by atoms with Gasteiger partial charge >= 0.3 is 0 Å². The van der Waals surface area contributed by atoms with E-state index >= 15 is 0 Å². The average molecular weight is 256 g/mol. The van der Waals surface area contributed by atoms with E-state index in [4.69, 9.17) is 0 Å². The van der Waals surface area contributed by atoms with Crippen LogP contribution in [-0.4, -0.2) is 9.55 Å². The Morgan fingerprint density at radius 2 is 1.56 bits per heavy atom. The fourth-order valence-corrected chi connectivity index (χ4v) is 1.64. The first-order chi connectivity index (χ1) is 8.63. The molecule has 1 heterocycles. The van der Waals surface area contributed by atoms with Gasteiger partial charge in [0, 0.05) is 18.7 Å². The number of aryl methyl sites for hydroxylation is 2. The molecular weight excluding hydrogens is 234 g/mol. The number of nitrogens with zero attached hydrogens (tertiary/aromatic N) is 2. The number of hydrogen-bond acceptors (Lipinski definition) is 1. The van der Waals surface area contributed by atoms with Gasteiger partial charge in [0.1, 0.15) is 5.82 Å². The van der Waals surface area contributed by atoms with Crippen LogP contribution in [0.15, 0.2) is 12.1 Å². The minimum absolute atomic E-state index is 0.503. The van der Waals surface area contributed by atoms with Crippen molar-refractivity contribution in [2.45, 2.75) is 48.1 Å². The number of benzene rings is 1. The van der Waals surface area contributed by atoms with Crippen molar-refractivity contribution >= 4 is 11.0 Å². The summed E-state index contributed by atoms with van der Waals surface area (Å²) < 4.78 is 27.7. The van der Waals surface area contributed by atoms with Crippen molar-refractivity contribution in [2.24, 2.45) is 0 Å². The molecule has 0 atom stereocenters.